The maximum absolute atomic E-state index is 12.1. The van der Waals surface area contributed by atoms with Crippen LogP contribution in [0, 0.1) is 0 Å². The fraction of sp³-hybridized carbons (Fsp3) is 0.533. The molecule has 4 nitrogen and oxygen atoms in total. The molecule has 1 aromatic carbocycles. The van der Waals surface area contributed by atoms with Crippen molar-refractivity contribution in [3.63, 3.8) is 0 Å². The highest BCUT2D eigenvalue weighted by atomic mass is 35.5. The van der Waals surface area contributed by atoms with Crippen molar-refractivity contribution in [2.24, 2.45) is 0 Å². The van der Waals surface area contributed by atoms with Gasteiger partial charge in [-0.2, -0.15) is 0 Å². The predicted octanol–water partition coefficient (Wildman–Crippen LogP) is 2.72. The molecule has 0 spiro atoms. The number of hydrogen-bond acceptors (Lipinski definition) is 3. The number of amides is 1. The lowest BCUT2D eigenvalue weighted by Crippen LogP contribution is -2.36. The number of hydrogen-bond donors (Lipinski definition) is 1. The Kier molecular flexibility index (Phi) is 6.30. The van der Waals surface area contributed by atoms with Crippen molar-refractivity contribution in [1.82, 2.24) is 10.2 Å². The Morgan fingerprint density at radius 3 is 2.71 bits per heavy atom. The van der Waals surface area contributed by atoms with Gasteiger partial charge in [-0.15, -0.1) is 0 Å². The zero-order valence-electron chi connectivity index (χ0n) is 12.1. The second-order valence-electron chi connectivity index (χ2n) is 5.26. The van der Waals surface area contributed by atoms with Gasteiger partial charge in [0.15, 0.2) is 0 Å². The largest absolute Gasteiger partial charge is 0.368 e. The van der Waals surface area contributed by atoms with Gasteiger partial charge in [0.2, 0.25) is 5.91 Å². The Balaban J connectivity index is 1.79. The number of halogens is 2. The minimum absolute atomic E-state index is 0.0281. The monoisotopic (exact) mass is 330 g/mol. The molecule has 1 aromatic rings. The first-order valence-electron chi connectivity index (χ1n) is 7.06. The average molecular weight is 331 g/mol. The summed E-state index contributed by atoms with van der Waals surface area (Å²) in [5.41, 5.74) is 0.946. The number of nitrogens with one attached hydrogen (secondary N) is 1. The fourth-order valence-electron chi connectivity index (χ4n) is 2.26. The number of likely N-dealkylation sites (N-methyl/N-ethyl adjacent to an activating group) is 1. The van der Waals surface area contributed by atoms with Gasteiger partial charge in [-0.1, -0.05) is 29.3 Å². The third-order valence-corrected chi connectivity index (χ3v) is 4.30. The summed E-state index contributed by atoms with van der Waals surface area (Å²) in [5, 5.41) is 4.29. The normalized spacial score (nSPS) is 16.0. The Bertz CT molecular complexity index is 491. The van der Waals surface area contributed by atoms with Crippen molar-refractivity contribution in [2.75, 3.05) is 26.7 Å². The molecule has 0 unspecified atom stereocenters. The molecule has 1 N–H and O–H groups in total. The van der Waals surface area contributed by atoms with Crippen LogP contribution in [0.5, 0.6) is 0 Å². The highest BCUT2D eigenvalue weighted by Gasteiger charge is 2.16. The van der Waals surface area contributed by atoms with Crippen LogP contribution in [0.2, 0.25) is 10.0 Å². The molecule has 116 valence electrons. The zero-order chi connectivity index (χ0) is 15.2. The highest BCUT2D eigenvalue weighted by molar-refractivity contribution is 6.42. The van der Waals surface area contributed by atoms with E-state index >= 15 is 0 Å². The maximum Gasteiger partial charge on any atom is 0.248 e. The van der Waals surface area contributed by atoms with Gasteiger partial charge >= 0.3 is 0 Å². The van der Waals surface area contributed by atoms with E-state index in [9.17, 15) is 4.79 Å². The van der Waals surface area contributed by atoms with Gasteiger partial charge in [-0.3, -0.25) is 4.79 Å². The summed E-state index contributed by atoms with van der Waals surface area (Å²) < 4.78 is 5.67. The van der Waals surface area contributed by atoms with Crippen LogP contribution in [0.1, 0.15) is 18.4 Å². The van der Waals surface area contributed by atoms with Crippen LogP contribution in [0.3, 0.4) is 0 Å². The van der Waals surface area contributed by atoms with E-state index in [1.165, 1.54) is 0 Å². The topological polar surface area (TPSA) is 41.6 Å². The van der Waals surface area contributed by atoms with Crippen LogP contribution in [-0.4, -0.2) is 43.7 Å². The van der Waals surface area contributed by atoms with Crippen molar-refractivity contribution in [1.29, 1.82) is 0 Å². The maximum atomic E-state index is 12.1. The molecule has 0 atom stereocenters. The van der Waals surface area contributed by atoms with Crippen LogP contribution in [-0.2, 0) is 16.1 Å². The van der Waals surface area contributed by atoms with Crippen LogP contribution >= 0.6 is 23.2 Å². The van der Waals surface area contributed by atoms with Gasteiger partial charge in [0.1, 0.15) is 6.61 Å². The second-order valence-corrected chi connectivity index (χ2v) is 6.07. The molecule has 6 heteroatoms. The van der Waals surface area contributed by atoms with E-state index in [2.05, 4.69) is 5.32 Å². The van der Waals surface area contributed by atoms with Gasteiger partial charge in [-0.05, 0) is 43.6 Å². The summed E-state index contributed by atoms with van der Waals surface area (Å²) >= 11 is 11.9. The summed E-state index contributed by atoms with van der Waals surface area (Å²) in [6.45, 7) is 2.53. The lowest BCUT2D eigenvalue weighted by atomic mass is 10.1. The second kappa shape index (κ2) is 7.99. The molecular weight excluding hydrogens is 311 g/mol. The number of piperidine rings is 1. The van der Waals surface area contributed by atoms with Crippen LogP contribution in [0.15, 0.2) is 18.2 Å². The summed E-state index contributed by atoms with van der Waals surface area (Å²) in [4.78, 5) is 13.7. The first-order chi connectivity index (χ1) is 10.1. The van der Waals surface area contributed by atoms with E-state index < -0.39 is 0 Å². The quantitative estimate of drug-likeness (QED) is 0.902. The molecule has 0 bridgehead atoms. The van der Waals surface area contributed by atoms with Crippen molar-refractivity contribution in [3.8, 4) is 0 Å². The smallest absolute Gasteiger partial charge is 0.248 e. The third-order valence-electron chi connectivity index (χ3n) is 3.56. The predicted molar refractivity (Wildman–Crippen MR) is 84.8 cm³/mol. The summed E-state index contributed by atoms with van der Waals surface area (Å²) in [6, 6.07) is 5.38. The summed E-state index contributed by atoms with van der Waals surface area (Å²) in [6.07, 6.45) is 2.11. The SMILES string of the molecule is CN(Cc1ccc(Cl)c(Cl)c1)C(=O)COC1CCNCC1. The van der Waals surface area contributed by atoms with Crippen LogP contribution in [0.4, 0.5) is 0 Å². The van der Waals surface area contributed by atoms with E-state index in [1.807, 2.05) is 6.07 Å². The van der Waals surface area contributed by atoms with E-state index in [0.29, 0.717) is 16.6 Å². The molecule has 1 aliphatic rings. The van der Waals surface area contributed by atoms with Gasteiger partial charge in [0, 0.05) is 13.6 Å². The van der Waals surface area contributed by atoms with Gasteiger partial charge in [0.25, 0.3) is 0 Å². The van der Waals surface area contributed by atoms with Crippen LogP contribution < -0.4 is 5.32 Å². The molecule has 21 heavy (non-hydrogen) atoms. The molecule has 2 rings (SSSR count). The lowest BCUT2D eigenvalue weighted by molar-refractivity contribution is -0.137. The minimum Gasteiger partial charge on any atom is -0.368 e. The molecular formula is C15H20Cl2N2O2. The molecule has 1 aliphatic heterocycles. The van der Waals surface area contributed by atoms with E-state index in [4.69, 9.17) is 27.9 Å². The Labute approximate surface area is 135 Å². The highest BCUT2D eigenvalue weighted by Crippen LogP contribution is 2.23. The third kappa shape index (κ3) is 5.15. The molecule has 0 saturated carbocycles. The Hall–Kier alpha value is -0.810. The molecule has 0 aliphatic carbocycles. The zero-order valence-corrected chi connectivity index (χ0v) is 13.6. The number of nitrogens with zero attached hydrogens (tertiary/aromatic N) is 1. The number of ether oxygens (including phenoxy) is 1. The molecule has 1 fully saturated rings. The van der Waals surface area contributed by atoms with E-state index in [0.717, 1.165) is 31.5 Å². The van der Waals surface area contributed by atoms with E-state index in [1.54, 1.807) is 24.1 Å². The summed E-state index contributed by atoms with van der Waals surface area (Å²) in [7, 11) is 1.76. The van der Waals surface area contributed by atoms with E-state index in [-0.39, 0.29) is 18.6 Å². The molecule has 0 radical (unpaired) electrons. The standard InChI is InChI=1S/C15H20Cl2N2O2/c1-19(9-11-2-3-13(16)14(17)8-11)15(20)10-21-12-4-6-18-7-5-12/h2-3,8,12,18H,4-7,9-10H2,1H3. The first-order valence-corrected chi connectivity index (χ1v) is 7.82. The minimum atomic E-state index is -0.0281. The Morgan fingerprint density at radius 1 is 1.33 bits per heavy atom. The van der Waals surface area contributed by atoms with Crippen molar-refractivity contribution >= 4 is 29.1 Å². The van der Waals surface area contributed by atoms with Crippen molar-refractivity contribution in [3.05, 3.63) is 33.8 Å². The number of benzene rings is 1. The molecule has 1 amide bonds. The van der Waals surface area contributed by atoms with Crippen molar-refractivity contribution in [2.45, 2.75) is 25.5 Å². The molecule has 1 saturated heterocycles. The number of carbonyl (C=O) groups is 1. The fourth-order valence-corrected chi connectivity index (χ4v) is 2.58. The lowest BCUT2D eigenvalue weighted by Gasteiger charge is -2.24. The first kappa shape index (κ1) is 16.6. The van der Waals surface area contributed by atoms with Gasteiger partial charge < -0.3 is 15.0 Å². The summed E-state index contributed by atoms with van der Waals surface area (Å²) in [5.74, 6) is -0.0281. The number of rotatable bonds is 5. The molecule has 0 aromatic heterocycles. The Morgan fingerprint density at radius 2 is 2.05 bits per heavy atom. The van der Waals surface area contributed by atoms with Crippen LogP contribution in [0.25, 0.3) is 0 Å². The molecule has 1 heterocycles. The number of carbonyl (C=O) groups excluding carboxylic acids is 1. The van der Waals surface area contributed by atoms with Gasteiger partial charge in [-0.25, -0.2) is 0 Å². The van der Waals surface area contributed by atoms with Crippen molar-refractivity contribution < 1.29 is 9.53 Å². The van der Waals surface area contributed by atoms with Gasteiger partial charge in [0.05, 0.1) is 16.1 Å². The average Bonchev–Trinajstić information content (AvgIpc) is 2.49.